The van der Waals surface area contributed by atoms with E-state index in [-0.39, 0.29) is 0 Å². The molecule has 0 aliphatic carbocycles. The SMILES string of the molecule is C=CCN(CC)C(=O)/N=N/C(N)=O. The fraction of sp³-hybridized carbons (Fsp3) is 0.429. The lowest BCUT2D eigenvalue weighted by Gasteiger charge is -2.14. The second-order valence-electron chi connectivity index (χ2n) is 2.15. The molecule has 0 aliphatic rings. The zero-order chi connectivity index (χ0) is 10.3. The standard InChI is InChI=1S/C7H12N4O2/c1-3-5-11(4-2)7(13)10-9-6(8)12/h3H,1,4-5H2,2H3,(H2,8,12)/b10-9+. The Kier molecular flexibility index (Phi) is 5.09. The van der Waals surface area contributed by atoms with Crippen molar-refractivity contribution >= 4 is 12.1 Å². The van der Waals surface area contributed by atoms with Crippen molar-refractivity contribution in [3.8, 4) is 0 Å². The first-order valence-electron chi connectivity index (χ1n) is 3.72. The Bertz CT molecular complexity index is 237. The van der Waals surface area contributed by atoms with Crippen molar-refractivity contribution in [2.24, 2.45) is 16.0 Å². The number of rotatable bonds is 3. The molecule has 6 nitrogen and oxygen atoms in total. The molecule has 0 fully saturated rings. The second-order valence-corrected chi connectivity index (χ2v) is 2.15. The van der Waals surface area contributed by atoms with Gasteiger partial charge in [-0.2, -0.15) is 0 Å². The molecule has 0 bridgehead atoms. The summed E-state index contributed by atoms with van der Waals surface area (Å²) in [5, 5.41) is 6.02. The first kappa shape index (κ1) is 11.3. The summed E-state index contributed by atoms with van der Waals surface area (Å²) >= 11 is 0. The Morgan fingerprint density at radius 1 is 1.54 bits per heavy atom. The molecule has 6 heteroatoms. The highest BCUT2D eigenvalue weighted by atomic mass is 16.2. The first-order valence-corrected chi connectivity index (χ1v) is 3.72. The Morgan fingerprint density at radius 3 is 2.54 bits per heavy atom. The van der Waals surface area contributed by atoms with E-state index in [4.69, 9.17) is 0 Å². The van der Waals surface area contributed by atoms with Crippen LogP contribution >= 0.6 is 0 Å². The van der Waals surface area contributed by atoms with Crippen molar-refractivity contribution in [3.05, 3.63) is 12.7 Å². The number of amides is 4. The van der Waals surface area contributed by atoms with Gasteiger partial charge in [0.15, 0.2) is 0 Å². The topological polar surface area (TPSA) is 88.1 Å². The van der Waals surface area contributed by atoms with E-state index in [2.05, 4.69) is 22.5 Å². The molecular formula is C7H12N4O2. The molecule has 0 radical (unpaired) electrons. The summed E-state index contributed by atoms with van der Waals surface area (Å²) in [6.07, 6.45) is 1.56. The predicted molar refractivity (Wildman–Crippen MR) is 47.3 cm³/mol. The van der Waals surface area contributed by atoms with Gasteiger partial charge in [0.25, 0.3) is 0 Å². The summed E-state index contributed by atoms with van der Waals surface area (Å²) in [4.78, 5) is 22.6. The third-order valence-corrected chi connectivity index (χ3v) is 1.24. The number of nitrogens with two attached hydrogens (primary N) is 1. The van der Waals surface area contributed by atoms with Crippen LogP contribution in [0.3, 0.4) is 0 Å². The van der Waals surface area contributed by atoms with E-state index in [1.807, 2.05) is 0 Å². The van der Waals surface area contributed by atoms with Crippen LogP contribution in [0.25, 0.3) is 0 Å². The number of hydrogen-bond donors (Lipinski definition) is 1. The third kappa shape index (κ3) is 4.67. The van der Waals surface area contributed by atoms with Crippen LogP contribution in [-0.2, 0) is 0 Å². The van der Waals surface area contributed by atoms with E-state index in [1.54, 1.807) is 13.0 Å². The van der Waals surface area contributed by atoms with Gasteiger partial charge in [-0.3, -0.25) is 0 Å². The van der Waals surface area contributed by atoms with Crippen molar-refractivity contribution in [2.75, 3.05) is 13.1 Å². The van der Waals surface area contributed by atoms with Crippen LogP contribution in [0.2, 0.25) is 0 Å². The van der Waals surface area contributed by atoms with Crippen molar-refractivity contribution in [1.82, 2.24) is 4.90 Å². The third-order valence-electron chi connectivity index (χ3n) is 1.24. The molecule has 0 saturated carbocycles. The van der Waals surface area contributed by atoms with E-state index < -0.39 is 12.1 Å². The van der Waals surface area contributed by atoms with Gasteiger partial charge in [0.1, 0.15) is 0 Å². The Balaban J connectivity index is 4.20. The van der Waals surface area contributed by atoms with Crippen LogP contribution in [-0.4, -0.2) is 30.1 Å². The highest BCUT2D eigenvalue weighted by Gasteiger charge is 2.07. The molecule has 0 rings (SSSR count). The van der Waals surface area contributed by atoms with Gasteiger partial charge in [0.2, 0.25) is 0 Å². The van der Waals surface area contributed by atoms with Crippen molar-refractivity contribution in [3.63, 3.8) is 0 Å². The average molecular weight is 184 g/mol. The molecule has 0 heterocycles. The Labute approximate surface area is 76.1 Å². The highest BCUT2D eigenvalue weighted by molar-refractivity contribution is 5.78. The average Bonchev–Trinajstić information content (AvgIpc) is 2.10. The number of azo groups is 1. The molecule has 0 unspecified atom stereocenters. The molecule has 0 saturated heterocycles. The molecule has 72 valence electrons. The number of urea groups is 2. The minimum Gasteiger partial charge on any atom is -0.348 e. The smallest absolute Gasteiger partial charge is 0.348 e. The lowest BCUT2D eigenvalue weighted by atomic mass is 10.5. The maximum absolute atomic E-state index is 11.1. The Morgan fingerprint density at radius 2 is 2.15 bits per heavy atom. The lowest BCUT2D eigenvalue weighted by molar-refractivity contribution is 0.213. The normalized spacial score (nSPS) is 9.92. The van der Waals surface area contributed by atoms with Gasteiger partial charge in [0, 0.05) is 13.1 Å². The molecule has 2 N–H and O–H groups in total. The number of carbonyl (C=O) groups excluding carboxylic acids is 2. The van der Waals surface area contributed by atoms with E-state index in [0.29, 0.717) is 13.1 Å². The largest absolute Gasteiger partial charge is 0.362 e. The summed E-state index contributed by atoms with van der Waals surface area (Å²) < 4.78 is 0. The van der Waals surface area contributed by atoms with Gasteiger partial charge in [-0.05, 0) is 6.92 Å². The monoisotopic (exact) mass is 184 g/mol. The number of hydrogen-bond acceptors (Lipinski definition) is 2. The molecule has 4 amide bonds. The number of nitrogens with zero attached hydrogens (tertiary/aromatic N) is 3. The minimum absolute atomic E-state index is 0.368. The summed E-state index contributed by atoms with van der Waals surface area (Å²) in [6.45, 7) is 6.09. The maximum Gasteiger partial charge on any atom is 0.362 e. The van der Waals surface area contributed by atoms with Gasteiger partial charge < -0.3 is 10.6 Å². The van der Waals surface area contributed by atoms with Gasteiger partial charge in [-0.25, -0.2) is 9.59 Å². The predicted octanol–water partition coefficient (Wildman–Crippen LogP) is 1.15. The van der Waals surface area contributed by atoms with E-state index >= 15 is 0 Å². The highest BCUT2D eigenvalue weighted by Crippen LogP contribution is 1.93. The quantitative estimate of drug-likeness (QED) is 0.526. The van der Waals surface area contributed by atoms with Gasteiger partial charge in [-0.1, -0.05) is 16.3 Å². The van der Waals surface area contributed by atoms with Crippen molar-refractivity contribution in [1.29, 1.82) is 0 Å². The summed E-state index contributed by atoms with van der Waals surface area (Å²) in [5.74, 6) is 0. The fourth-order valence-electron chi connectivity index (χ4n) is 0.654. The zero-order valence-corrected chi connectivity index (χ0v) is 7.43. The molecular weight excluding hydrogens is 172 g/mol. The van der Waals surface area contributed by atoms with Crippen molar-refractivity contribution < 1.29 is 9.59 Å². The molecule has 0 aromatic heterocycles. The van der Waals surface area contributed by atoms with E-state index in [0.717, 1.165) is 0 Å². The first-order chi connectivity index (χ1) is 6.11. The lowest BCUT2D eigenvalue weighted by Crippen LogP contribution is -2.28. The molecule has 0 aliphatic heterocycles. The number of carbonyl (C=O) groups is 2. The Hall–Kier alpha value is -1.72. The molecule has 0 atom stereocenters. The van der Waals surface area contributed by atoms with Crippen LogP contribution in [0.15, 0.2) is 22.9 Å². The maximum atomic E-state index is 11.1. The van der Waals surface area contributed by atoms with E-state index in [9.17, 15) is 9.59 Å². The van der Waals surface area contributed by atoms with E-state index in [1.165, 1.54) is 4.90 Å². The van der Waals surface area contributed by atoms with Crippen LogP contribution in [0.5, 0.6) is 0 Å². The summed E-state index contributed by atoms with van der Waals surface area (Å²) in [7, 11) is 0. The van der Waals surface area contributed by atoms with Gasteiger partial charge in [-0.15, -0.1) is 6.58 Å². The molecule has 13 heavy (non-hydrogen) atoms. The number of primary amides is 1. The molecule has 0 aromatic carbocycles. The van der Waals surface area contributed by atoms with Crippen LogP contribution in [0.4, 0.5) is 9.59 Å². The summed E-state index contributed by atoms with van der Waals surface area (Å²) in [6, 6.07) is -1.58. The van der Waals surface area contributed by atoms with Gasteiger partial charge in [0.05, 0.1) is 0 Å². The fourth-order valence-corrected chi connectivity index (χ4v) is 0.654. The number of likely N-dealkylation sites (N-methyl/N-ethyl adjacent to an activating group) is 1. The zero-order valence-electron chi connectivity index (χ0n) is 7.43. The van der Waals surface area contributed by atoms with Crippen LogP contribution in [0, 0.1) is 0 Å². The van der Waals surface area contributed by atoms with Crippen LogP contribution < -0.4 is 5.73 Å². The van der Waals surface area contributed by atoms with Crippen LogP contribution in [0.1, 0.15) is 6.92 Å². The second kappa shape index (κ2) is 5.87. The van der Waals surface area contributed by atoms with Crippen molar-refractivity contribution in [2.45, 2.75) is 6.92 Å². The van der Waals surface area contributed by atoms with Gasteiger partial charge >= 0.3 is 12.1 Å². The minimum atomic E-state index is -0.983. The molecule has 0 aromatic rings. The summed E-state index contributed by atoms with van der Waals surface area (Å²) in [5.41, 5.74) is 4.67. The molecule has 0 spiro atoms.